The molecule has 0 spiro atoms. The number of rotatable bonds is 2. The molecule has 3 heteroatoms. The van der Waals surface area contributed by atoms with Gasteiger partial charge < -0.3 is 9.52 Å². The van der Waals surface area contributed by atoms with Crippen LogP contribution in [0.4, 0.5) is 0 Å². The highest BCUT2D eigenvalue weighted by atomic mass is 16.4. The van der Waals surface area contributed by atoms with Gasteiger partial charge in [-0.1, -0.05) is 18.2 Å². The zero-order valence-corrected chi connectivity index (χ0v) is 8.65. The summed E-state index contributed by atoms with van der Waals surface area (Å²) >= 11 is 0. The van der Waals surface area contributed by atoms with Gasteiger partial charge in [0, 0.05) is 10.9 Å². The van der Waals surface area contributed by atoms with Gasteiger partial charge in [-0.25, -0.2) is 0 Å². The fourth-order valence-corrected chi connectivity index (χ4v) is 1.58. The van der Waals surface area contributed by atoms with Gasteiger partial charge in [-0.2, -0.15) is 0 Å². The van der Waals surface area contributed by atoms with Gasteiger partial charge in [-0.15, -0.1) is 0 Å². The van der Waals surface area contributed by atoms with Gasteiger partial charge in [-0.05, 0) is 19.9 Å². The minimum Gasteiger partial charge on any atom is -0.481 e. The summed E-state index contributed by atoms with van der Waals surface area (Å²) in [5.41, 5.74) is 0.513. The summed E-state index contributed by atoms with van der Waals surface area (Å²) in [6.07, 6.45) is 1.53. The number of carboxylic acids is 1. The highest BCUT2D eigenvalue weighted by Crippen LogP contribution is 2.31. The van der Waals surface area contributed by atoms with E-state index in [1.54, 1.807) is 13.8 Å². The number of carbonyl (C=O) groups is 1. The van der Waals surface area contributed by atoms with Crippen molar-refractivity contribution in [3.8, 4) is 0 Å². The first kappa shape index (κ1) is 9.77. The third kappa shape index (κ3) is 1.40. The van der Waals surface area contributed by atoms with Gasteiger partial charge in [-0.3, -0.25) is 4.79 Å². The Bertz CT molecular complexity index is 508. The van der Waals surface area contributed by atoms with Gasteiger partial charge in [0.25, 0.3) is 0 Å². The molecule has 78 valence electrons. The number of aliphatic carboxylic acids is 1. The zero-order valence-electron chi connectivity index (χ0n) is 8.65. The van der Waals surface area contributed by atoms with E-state index < -0.39 is 11.4 Å². The molecular weight excluding hydrogens is 192 g/mol. The maximum atomic E-state index is 11.1. The van der Waals surface area contributed by atoms with Crippen LogP contribution in [0.2, 0.25) is 0 Å². The molecule has 0 fully saturated rings. The van der Waals surface area contributed by atoms with Crippen molar-refractivity contribution in [2.75, 3.05) is 0 Å². The monoisotopic (exact) mass is 204 g/mol. The van der Waals surface area contributed by atoms with Crippen molar-refractivity contribution in [1.82, 2.24) is 0 Å². The molecule has 15 heavy (non-hydrogen) atoms. The summed E-state index contributed by atoms with van der Waals surface area (Å²) in [5, 5.41) is 10.00. The molecule has 0 amide bonds. The van der Waals surface area contributed by atoms with Crippen molar-refractivity contribution in [2.24, 2.45) is 0 Å². The normalized spacial score (nSPS) is 11.9. The zero-order chi connectivity index (χ0) is 11.1. The van der Waals surface area contributed by atoms with Crippen molar-refractivity contribution in [1.29, 1.82) is 0 Å². The van der Waals surface area contributed by atoms with Crippen LogP contribution < -0.4 is 0 Å². The second-order valence-corrected chi connectivity index (χ2v) is 4.08. The molecule has 0 atom stereocenters. The van der Waals surface area contributed by atoms with Gasteiger partial charge in [0.1, 0.15) is 5.58 Å². The molecule has 2 rings (SSSR count). The summed E-state index contributed by atoms with van der Waals surface area (Å²) in [4.78, 5) is 11.1. The summed E-state index contributed by atoms with van der Waals surface area (Å²) in [6, 6.07) is 7.44. The average Bonchev–Trinajstić information content (AvgIpc) is 2.61. The van der Waals surface area contributed by atoms with E-state index in [0.29, 0.717) is 5.56 Å². The largest absolute Gasteiger partial charge is 0.481 e. The summed E-state index contributed by atoms with van der Waals surface area (Å²) in [6.45, 7) is 3.35. The van der Waals surface area contributed by atoms with Crippen molar-refractivity contribution in [2.45, 2.75) is 19.3 Å². The molecule has 0 saturated heterocycles. The molecule has 1 heterocycles. The Labute approximate surface area is 87.3 Å². The van der Waals surface area contributed by atoms with E-state index in [2.05, 4.69) is 0 Å². The first-order valence-electron chi connectivity index (χ1n) is 4.73. The Morgan fingerprint density at radius 2 is 2.00 bits per heavy atom. The Balaban J connectivity index is 2.67. The van der Waals surface area contributed by atoms with Crippen molar-refractivity contribution < 1.29 is 14.3 Å². The van der Waals surface area contributed by atoms with Gasteiger partial charge in [0.2, 0.25) is 0 Å². The summed E-state index contributed by atoms with van der Waals surface area (Å²) in [5.74, 6) is -0.853. The van der Waals surface area contributed by atoms with Crippen LogP contribution in [0.1, 0.15) is 19.4 Å². The molecule has 0 aliphatic heterocycles. The Morgan fingerprint density at radius 1 is 1.33 bits per heavy atom. The highest BCUT2D eigenvalue weighted by Gasteiger charge is 2.32. The molecule has 2 aromatic rings. The summed E-state index contributed by atoms with van der Waals surface area (Å²) < 4.78 is 5.32. The van der Waals surface area contributed by atoms with Crippen LogP contribution >= 0.6 is 0 Å². The van der Waals surface area contributed by atoms with Crippen LogP contribution in [0, 0.1) is 0 Å². The minimum absolute atomic E-state index is 0.714. The maximum absolute atomic E-state index is 11.1. The number of hydrogen-bond acceptors (Lipinski definition) is 2. The SMILES string of the molecule is CC(C)(C(=O)O)c1coc2ccccc12. The standard InChI is InChI=1S/C12H12O3/c1-12(2,11(13)14)9-7-15-10-6-4-3-5-8(9)10/h3-7H,1-2H3,(H,13,14). The lowest BCUT2D eigenvalue weighted by atomic mass is 9.85. The molecule has 3 nitrogen and oxygen atoms in total. The Kier molecular flexibility index (Phi) is 2.03. The van der Waals surface area contributed by atoms with Gasteiger partial charge in [0.05, 0.1) is 11.7 Å². The predicted octanol–water partition coefficient (Wildman–Crippen LogP) is 2.80. The molecule has 0 radical (unpaired) electrons. The topological polar surface area (TPSA) is 50.4 Å². The second-order valence-electron chi connectivity index (χ2n) is 4.08. The van der Waals surface area contributed by atoms with E-state index in [-0.39, 0.29) is 0 Å². The van der Waals surface area contributed by atoms with Crippen LogP contribution in [0.15, 0.2) is 34.9 Å². The lowest BCUT2D eigenvalue weighted by Crippen LogP contribution is -2.28. The predicted molar refractivity (Wildman–Crippen MR) is 56.9 cm³/mol. The lowest BCUT2D eigenvalue weighted by Gasteiger charge is -2.17. The molecule has 1 N–H and O–H groups in total. The molecule has 0 saturated carbocycles. The highest BCUT2D eigenvalue weighted by molar-refractivity contribution is 5.90. The first-order valence-corrected chi connectivity index (χ1v) is 4.73. The molecule has 0 bridgehead atoms. The number of benzene rings is 1. The van der Waals surface area contributed by atoms with Crippen molar-refractivity contribution in [3.63, 3.8) is 0 Å². The van der Waals surface area contributed by atoms with Crippen LogP contribution in [-0.4, -0.2) is 11.1 Å². The number of para-hydroxylation sites is 1. The van der Waals surface area contributed by atoms with E-state index in [4.69, 9.17) is 9.52 Å². The molecule has 1 aromatic carbocycles. The lowest BCUT2D eigenvalue weighted by molar-refractivity contribution is -0.142. The molecule has 0 aliphatic rings. The van der Waals surface area contributed by atoms with E-state index in [1.165, 1.54) is 6.26 Å². The Morgan fingerprint density at radius 3 is 2.67 bits per heavy atom. The van der Waals surface area contributed by atoms with Crippen molar-refractivity contribution >= 4 is 16.9 Å². The second kappa shape index (κ2) is 3.12. The fraction of sp³-hybridized carbons (Fsp3) is 0.250. The minimum atomic E-state index is -0.924. The molecule has 0 unspecified atom stereocenters. The van der Waals surface area contributed by atoms with Gasteiger partial charge in [0.15, 0.2) is 0 Å². The van der Waals surface area contributed by atoms with Gasteiger partial charge >= 0.3 is 5.97 Å². The third-order valence-electron chi connectivity index (χ3n) is 2.69. The Hall–Kier alpha value is -1.77. The smallest absolute Gasteiger partial charge is 0.313 e. The maximum Gasteiger partial charge on any atom is 0.313 e. The van der Waals surface area contributed by atoms with Crippen molar-refractivity contribution in [3.05, 3.63) is 36.1 Å². The molecular formula is C12H12O3. The number of furan rings is 1. The molecule has 1 aromatic heterocycles. The first-order chi connectivity index (χ1) is 7.03. The fourth-order valence-electron chi connectivity index (χ4n) is 1.58. The van der Waals surface area contributed by atoms with E-state index >= 15 is 0 Å². The van der Waals surface area contributed by atoms with E-state index in [0.717, 1.165) is 11.0 Å². The molecule has 0 aliphatic carbocycles. The summed E-state index contributed by atoms with van der Waals surface area (Å²) in [7, 11) is 0. The number of carboxylic acid groups (broad SMARTS) is 1. The quantitative estimate of drug-likeness (QED) is 0.818. The number of fused-ring (bicyclic) bond motifs is 1. The van der Waals surface area contributed by atoms with Crippen LogP contribution in [0.25, 0.3) is 11.0 Å². The number of hydrogen-bond donors (Lipinski definition) is 1. The van der Waals surface area contributed by atoms with Crippen LogP contribution in [0.5, 0.6) is 0 Å². The van der Waals surface area contributed by atoms with Crippen LogP contribution in [0.3, 0.4) is 0 Å². The third-order valence-corrected chi connectivity index (χ3v) is 2.69. The van der Waals surface area contributed by atoms with Crippen LogP contribution in [-0.2, 0) is 10.2 Å². The van der Waals surface area contributed by atoms with E-state index in [1.807, 2.05) is 24.3 Å². The van der Waals surface area contributed by atoms with E-state index in [9.17, 15) is 4.79 Å². The average molecular weight is 204 g/mol.